The second kappa shape index (κ2) is 10.3. The van der Waals surface area contributed by atoms with Crippen LogP contribution in [0, 0.1) is 0 Å². The summed E-state index contributed by atoms with van der Waals surface area (Å²) in [7, 11) is 1.69. The molecule has 1 aromatic rings. The second-order valence-corrected chi connectivity index (χ2v) is 5.98. The Morgan fingerprint density at radius 2 is 2.12 bits per heavy atom. The van der Waals surface area contributed by atoms with Gasteiger partial charge in [-0.15, -0.1) is 6.58 Å². The Balaban J connectivity index is 1.93. The molecule has 0 radical (unpaired) electrons. The monoisotopic (exact) mass is 333 g/mol. The number of ether oxygens (including phenoxy) is 2. The zero-order chi connectivity index (χ0) is 17.2. The molecule has 2 N–H and O–H groups in total. The summed E-state index contributed by atoms with van der Waals surface area (Å²) >= 11 is 0. The molecular formula is C19H31N3O2. The van der Waals surface area contributed by atoms with Crippen molar-refractivity contribution in [3.63, 3.8) is 0 Å². The van der Waals surface area contributed by atoms with E-state index in [1.165, 1.54) is 5.56 Å². The van der Waals surface area contributed by atoms with E-state index in [-0.39, 0.29) is 0 Å². The number of allylic oxidation sites excluding steroid dienone is 1. The van der Waals surface area contributed by atoms with Gasteiger partial charge in [-0.3, -0.25) is 4.90 Å². The molecule has 1 aliphatic heterocycles. The number of hydrogen-bond acceptors (Lipinski definition) is 5. The predicted octanol–water partition coefficient (Wildman–Crippen LogP) is 1.82. The summed E-state index contributed by atoms with van der Waals surface area (Å²) in [6, 6.07) is 4.25. The standard InChI is InChI=1S/C19H31N3O2/c1-4-6-17-13-16(14-18(23-3)19(17)24-5-2)15-21-9-12-22-10-7-20-8-11-22/h4,13-14,20-21H,1,5-12,15H2,2-3H3. The average molecular weight is 333 g/mol. The van der Waals surface area contributed by atoms with E-state index < -0.39 is 0 Å². The molecule has 1 heterocycles. The minimum atomic E-state index is 0.628. The van der Waals surface area contributed by atoms with Crippen molar-refractivity contribution in [1.82, 2.24) is 15.5 Å². The molecule has 0 spiro atoms. The lowest BCUT2D eigenvalue weighted by molar-refractivity contribution is 0.241. The minimum absolute atomic E-state index is 0.628. The summed E-state index contributed by atoms with van der Waals surface area (Å²) in [5, 5.41) is 6.92. The number of piperazine rings is 1. The van der Waals surface area contributed by atoms with Gasteiger partial charge in [-0.25, -0.2) is 0 Å². The molecular weight excluding hydrogens is 302 g/mol. The van der Waals surface area contributed by atoms with E-state index in [1.807, 2.05) is 13.0 Å². The Hall–Kier alpha value is -1.56. The van der Waals surface area contributed by atoms with E-state index in [0.717, 1.165) is 69.3 Å². The van der Waals surface area contributed by atoms with E-state index in [2.05, 4.69) is 34.2 Å². The van der Waals surface area contributed by atoms with Gasteiger partial charge in [0.15, 0.2) is 11.5 Å². The van der Waals surface area contributed by atoms with Crippen molar-refractivity contribution in [3.05, 3.63) is 35.9 Å². The molecule has 1 aliphatic rings. The molecule has 0 amide bonds. The van der Waals surface area contributed by atoms with Crippen LogP contribution in [0.25, 0.3) is 0 Å². The maximum atomic E-state index is 5.77. The maximum Gasteiger partial charge on any atom is 0.164 e. The van der Waals surface area contributed by atoms with Crippen molar-refractivity contribution in [2.45, 2.75) is 19.9 Å². The Morgan fingerprint density at radius 3 is 2.79 bits per heavy atom. The van der Waals surface area contributed by atoms with Gasteiger partial charge in [0.2, 0.25) is 0 Å². The third-order valence-corrected chi connectivity index (χ3v) is 4.21. The second-order valence-electron chi connectivity index (χ2n) is 5.98. The summed E-state index contributed by atoms with van der Waals surface area (Å²) in [5.74, 6) is 1.64. The number of benzene rings is 1. The molecule has 1 saturated heterocycles. The number of methoxy groups -OCH3 is 1. The van der Waals surface area contributed by atoms with Crippen LogP contribution in [0.3, 0.4) is 0 Å². The predicted molar refractivity (Wildman–Crippen MR) is 99.1 cm³/mol. The highest BCUT2D eigenvalue weighted by Crippen LogP contribution is 2.33. The van der Waals surface area contributed by atoms with Crippen molar-refractivity contribution in [2.75, 3.05) is 53.0 Å². The lowest BCUT2D eigenvalue weighted by Gasteiger charge is -2.27. The molecule has 0 atom stereocenters. The quantitative estimate of drug-likeness (QED) is 0.505. The smallest absolute Gasteiger partial charge is 0.164 e. The zero-order valence-electron chi connectivity index (χ0n) is 15.1. The zero-order valence-corrected chi connectivity index (χ0v) is 15.1. The van der Waals surface area contributed by atoms with E-state index in [0.29, 0.717) is 6.61 Å². The highest BCUT2D eigenvalue weighted by Gasteiger charge is 2.12. The summed E-state index contributed by atoms with van der Waals surface area (Å²) < 4.78 is 11.3. The van der Waals surface area contributed by atoms with Gasteiger partial charge in [-0.1, -0.05) is 12.1 Å². The normalized spacial score (nSPS) is 15.2. The van der Waals surface area contributed by atoms with Gasteiger partial charge < -0.3 is 20.1 Å². The lowest BCUT2D eigenvalue weighted by Crippen LogP contribution is -2.45. The van der Waals surface area contributed by atoms with Gasteiger partial charge in [-0.2, -0.15) is 0 Å². The lowest BCUT2D eigenvalue weighted by atomic mass is 10.1. The van der Waals surface area contributed by atoms with Gasteiger partial charge in [0.1, 0.15) is 0 Å². The fourth-order valence-corrected chi connectivity index (χ4v) is 3.00. The molecule has 5 nitrogen and oxygen atoms in total. The molecule has 5 heteroatoms. The van der Waals surface area contributed by atoms with E-state index in [4.69, 9.17) is 9.47 Å². The highest BCUT2D eigenvalue weighted by atomic mass is 16.5. The molecule has 134 valence electrons. The van der Waals surface area contributed by atoms with Crippen LogP contribution in [0.4, 0.5) is 0 Å². The molecule has 1 fully saturated rings. The fraction of sp³-hybridized carbons (Fsp3) is 0.579. The first kappa shape index (κ1) is 18.8. The van der Waals surface area contributed by atoms with Crippen molar-refractivity contribution >= 4 is 0 Å². The first-order chi connectivity index (χ1) is 11.8. The van der Waals surface area contributed by atoms with Crippen molar-refractivity contribution in [3.8, 4) is 11.5 Å². The Labute approximate surface area is 146 Å². The van der Waals surface area contributed by atoms with Crippen molar-refractivity contribution in [1.29, 1.82) is 0 Å². The first-order valence-electron chi connectivity index (χ1n) is 8.85. The van der Waals surface area contributed by atoms with Crippen LogP contribution in [0.5, 0.6) is 11.5 Å². The largest absolute Gasteiger partial charge is 0.493 e. The van der Waals surface area contributed by atoms with Gasteiger partial charge in [-0.05, 0) is 25.0 Å². The number of nitrogens with one attached hydrogen (secondary N) is 2. The van der Waals surface area contributed by atoms with Crippen molar-refractivity contribution < 1.29 is 9.47 Å². The molecule has 0 bridgehead atoms. The molecule has 0 saturated carbocycles. The summed E-state index contributed by atoms with van der Waals surface area (Å²) in [4.78, 5) is 2.49. The topological polar surface area (TPSA) is 45.8 Å². The Morgan fingerprint density at radius 1 is 1.33 bits per heavy atom. The first-order valence-corrected chi connectivity index (χ1v) is 8.85. The van der Waals surface area contributed by atoms with Gasteiger partial charge in [0.25, 0.3) is 0 Å². The third-order valence-electron chi connectivity index (χ3n) is 4.21. The molecule has 0 unspecified atom stereocenters. The van der Waals surface area contributed by atoms with Crippen molar-refractivity contribution in [2.24, 2.45) is 0 Å². The van der Waals surface area contributed by atoms with E-state index >= 15 is 0 Å². The van der Waals surface area contributed by atoms with Gasteiger partial charge in [0, 0.05) is 51.4 Å². The number of nitrogens with zero attached hydrogens (tertiary/aromatic N) is 1. The summed E-state index contributed by atoms with van der Waals surface area (Å²) in [6.45, 7) is 13.9. The van der Waals surface area contributed by atoms with Crippen LogP contribution < -0.4 is 20.1 Å². The van der Waals surface area contributed by atoms with Crippen LogP contribution in [-0.2, 0) is 13.0 Å². The molecule has 0 aliphatic carbocycles. The van der Waals surface area contributed by atoms with Crippen LogP contribution in [0.1, 0.15) is 18.1 Å². The van der Waals surface area contributed by atoms with E-state index in [9.17, 15) is 0 Å². The molecule has 0 aromatic heterocycles. The Bertz CT molecular complexity index is 514. The summed E-state index contributed by atoms with van der Waals surface area (Å²) in [5.41, 5.74) is 2.34. The molecule has 24 heavy (non-hydrogen) atoms. The van der Waals surface area contributed by atoms with E-state index in [1.54, 1.807) is 7.11 Å². The fourth-order valence-electron chi connectivity index (χ4n) is 3.00. The number of rotatable bonds is 10. The van der Waals surface area contributed by atoms with Crippen LogP contribution in [-0.4, -0.2) is 57.9 Å². The highest BCUT2D eigenvalue weighted by molar-refractivity contribution is 5.50. The van der Waals surface area contributed by atoms with Crippen LogP contribution in [0.15, 0.2) is 24.8 Å². The molecule has 1 aromatic carbocycles. The minimum Gasteiger partial charge on any atom is -0.493 e. The van der Waals surface area contributed by atoms with Gasteiger partial charge >= 0.3 is 0 Å². The Kier molecular flexibility index (Phi) is 8.08. The average Bonchev–Trinajstić information content (AvgIpc) is 2.61. The maximum absolute atomic E-state index is 5.77. The van der Waals surface area contributed by atoms with Gasteiger partial charge in [0.05, 0.1) is 13.7 Å². The van der Waals surface area contributed by atoms with Crippen LogP contribution >= 0.6 is 0 Å². The SMILES string of the molecule is C=CCc1cc(CNCCN2CCNCC2)cc(OC)c1OCC. The summed E-state index contributed by atoms with van der Waals surface area (Å²) in [6.07, 6.45) is 2.68. The molecule has 2 rings (SSSR count). The number of hydrogen-bond donors (Lipinski definition) is 2. The third kappa shape index (κ3) is 5.51. The van der Waals surface area contributed by atoms with Crippen LogP contribution in [0.2, 0.25) is 0 Å².